The van der Waals surface area contributed by atoms with Crippen molar-refractivity contribution in [3.63, 3.8) is 0 Å². The molecule has 1 aromatic rings. The molecule has 1 aromatic carbocycles. The number of carboxylic acids is 1. The van der Waals surface area contributed by atoms with E-state index in [1.165, 1.54) is 0 Å². The first kappa shape index (κ1) is 12.7. The lowest BCUT2D eigenvalue weighted by Gasteiger charge is -2.12. The Labute approximate surface area is 94.7 Å². The van der Waals surface area contributed by atoms with Gasteiger partial charge in [0.25, 0.3) is 0 Å². The normalized spacial score (nSPS) is 10.2. The van der Waals surface area contributed by atoms with Crippen molar-refractivity contribution in [2.24, 2.45) is 0 Å². The standard InChI is InChI=1S/C11H15BO4/c1-2-8-4-3-5-9(6-7-10(13)14)11(8)12(15)16/h3-5,15-16H,2,6-7H2,1H3,(H,13,14). The number of aryl methyl sites for hydroxylation is 2. The van der Waals surface area contributed by atoms with Crippen molar-refractivity contribution < 1.29 is 19.9 Å². The van der Waals surface area contributed by atoms with Gasteiger partial charge in [-0.25, -0.2) is 0 Å². The van der Waals surface area contributed by atoms with Gasteiger partial charge in [0.05, 0.1) is 0 Å². The van der Waals surface area contributed by atoms with Gasteiger partial charge < -0.3 is 15.2 Å². The Balaban J connectivity index is 3.02. The van der Waals surface area contributed by atoms with E-state index in [2.05, 4.69) is 0 Å². The summed E-state index contributed by atoms with van der Waals surface area (Å²) in [6.07, 6.45) is 0.997. The van der Waals surface area contributed by atoms with Gasteiger partial charge in [-0.15, -0.1) is 0 Å². The van der Waals surface area contributed by atoms with Gasteiger partial charge in [0.2, 0.25) is 0 Å². The molecular weight excluding hydrogens is 207 g/mol. The Kier molecular flexibility index (Phi) is 4.52. The van der Waals surface area contributed by atoms with Crippen molar-refractivity contribution in [3.8, 4) is 0 Å². The highest BCUT2D eigenvalue weighted by Gasteiger charge is 2.19. The molecule has 0 aliphatic heterocycles. The molecule has 0 atom stereocenters. The number of hydrogen-bond acceptors (Lipinski definition) is 3. The highest BCUT2D eigenvalue weighted by molar-refractivity contribution is 6.59. The summed E-state index contributed by atoms with van der Waals surface area (Å²) in [7, 11) is -1.54. The molecule has 0 saturated carbocycles. The second-order valence-corrected chi connectivity index (χ2v) is 3.61. The van der Waals surface area contributed by atoms with Gasteiger partial charge in [0.1, 0.15) is 0 Å². The molecule has 0 aromatic heterocycles. The van der Waals surface area contributed by atoms with E-state index >= 15 is 0 Å². The van der Waals surface area contributed by atoms with E-state index in [9.17, 15) is 14.8 Å². The van der Waals surface area contributed by atoms with Gasteiger partial charge in [-0.05, 0) is 29.4 Å². The number of aliphatic carboxylic acids is 1. The van der Waals surface area contributed by atoms with Gasteiger partial charge in [0.15, 0.2) is 0 Å². The quantitative estimate of drug-likeness (QED) is 0.610. The number of hydrogen-bond donors (Lipinski definition) is 3. The van der Waals surface area contributed by atoms with E-state index in [-0.39, 0.29) is 6.42 Å². The molecule has 0 bridgehead atoms. The van der Waals surface area contributed by atoms with Crippen LogP contribution in [0.25, 0.3) is 0 Å². The van der Waals surface area contributed by atoms with E-state index in [1.807, 2.05) is 19.1 Å². The van der Waals surface area contributed by atoms with E-state index in [0.717, 1.165) is 5.56 Å². The number of benzene rings is 1. The predicted molar refractivity (Wildman–Crippen MR) is 61.6 cm³/mol. The van der Waals surface area contributed by atoms with Crippen LogP contribution in [0.1, 0.15) is 24.5 Å². The van der Waals surface area contributed by atoms with E-state index in [1.54, 1.807) is 6.07 Å². The molecule has 4 nitrogen and oxygen atoms in total. The Morgan fingerprint density at radius 2 is 1.94 bits per heavy atom. The summed E-state index contributed by atoms with van der Waals surface area (Å²) < 4.78 is 0. The van der Waals surface area contributed by atoms with Gasteiger partial charge in [0, 0.05) is 6.42 Å². The third kappa shape index (κ3) is 3.08. The molecule has 5 heteroatoms. The Morgan fingerprint density at radius 1 is 1.31 bits per heavy atom. The Morgan fingerprint density at radius 3 is 2.44 bits per heavy atom. The van der Waals surface area contributed by atoms with Crippen LogP contribution in [0, 0.1) is 0 Å². The summed E-state index contributed by atoms with van der Waals surface area (Å²) in [4.78, 5) is 10.5. The van der Waals surface area contributed by atoms with Gasteiger partial charge in [-0.1, -0.05) is 25.1 Å². The molecule has 0 unspecified atom stereocenters. The summed E-state index contributed by atoms with van der Waals surface area (Å²) in [6, 6.07) is 5.36. The van der Waals surface area contributed by atoms with E-state index < -0.39 is 13.1 Å². The lowest BCUT2D eigenvalue weighted by molar-refractivity contribution is -0.136. The van der Waals surface area contributed by atoms with Crippen LogP contribution in [0.15, 0.2) is 18.2 Å². The van der Waals surface area contributed by atoms with Crippen LogP contribution in [0.2, 0.25) is 0 Å². The van der Waals surface area contributed by atoms with Crippen molar-refractivity contribution in [2.75, 3.05) is 0 Å². The maximum atomic E-state index is 10.5. The van der Waals surface area contributed by atoms with Crippen LogP contribution in [0.3, 0.4) is 0 Å². The van der Waals surface area contributed by atoms with Crippen LogP contribution in [-0.4, -0.2) is 28.2 Å². The second-order valence-electron chi connectivity index (χ2n) is 3.61. The van der Waals surface area contributed by atoms with Crippen molar-refractivity contribution in [2.45, 2.75) is 26.2 Å². The first-order chi connectivity index (χ1) is 7.56. The number of carbonyl (C=O) groups is 1. The molecule has 0 heterocycles. The fraction of sp³-hybridized carbons (Fsp3) is 0.364. The third-order valence-electron chi connectivity index (χ3n) is 2.53. The van der Waals surface area contributed by atoms with E-state index in [4.69, 9.17) is 5.11 Å². The molecular formula is C11H15BO4. The highest BCUT2D eigenvalue weighted by atomic mass is 16.4. The topological polar surface area (TPSA) is 77.8 Å². The average molecular weight is 222 g/mol. The predicted octanol–water partition coefficient (Wildman–Crippen LogP) is -0.0540. The molecule has 86 valence electrons. The molecule has 0 aliphatic carbocycles. The minimum absolute atomic E-state index is 0.00706. The molecule has 1 rings (SSSR count). The largest absolute Gasteiger partial charge is 0.488 e. The summed E-state index contributed by atoms with van der Waals surface area (Å²) in [5.74, 6) is -0.889. The third-order valence-corrected chi connectivity index (χ3v) is 2.53. The van der Waals surface area contributed by atoms with Crippen LogP contribution >= 0.6 is 0 Å². The first-order valence-electron chi connectivity index (χ1n) is 5.24. The molecule has 0 aliphatic rings. The fourth-order valence-corrected chi connectivity index (χ4v) is 1.77. The second kappa shape index (κ2) is 5.68. The minimum Gasteiger partial charge on any atom is -0.481 e. The van der Waals surface area contributed by atoms with Crippen molar-refractivity contribution in [1.29, 1.82) is 0 Å². The smallest absolute Gasteiger partial charge is 0.481 e. The van der Waals surface area contributed by atoms with E-state index in [0.29, 0.717) is 23.9 Å². The van der Waals surface area contributed by atoms with Crippen LogP contribution in [-0.2, 0) is 17.6 Å². The molecule has 0 fully saturated rings. The highest BCUT2D eigenvalue weighted by Crippen LogP contribution is 2.07. The lowest BCUT2D eigenvalue weighted by Crippen LogP contribution is -2.36. The Hall–Kier alpha value is -1.33. The zero-order chi connectivity index (χ0) is 12.1. The molecule has 3 N–H and O–H groups in total. The summed E-state index contributed by atoms with van der Waals surface area (Å²) in [6.45, 7) is 1.92. The summed E-state index contributed by atoms with van der Waals surface area (Å²) in [5, 5.41) is 27.2. The van der Waals surface area contributed by atoms with Crippen LogP contribution in [0.4, 0.5) is 0 Å². The molecule has 0 saturated heterocycles. The minimum atomic E-state index is -1.54. The lowest BCUT2D eigenvalue weighted by atomic mass is 9.72. The molecule has 0 amide bonds. The Bertz CT molecular complexity index is 376. The van der Waals surface area contributed by atoms with Gasteiger partial charge >= 0.3 is 13.1 Å². The summed E-state index contributed by atoms with van der Waals surface area (Å²) in [5.41, 5.74) is 1.99. The van der Waals surface area contributed by atoms with Gasteiger partial charge in [-0.2, -0.15) is 0 Å². The van der Waals surface area contributed by atoms with Gasteiger partial charge in [-0.3, -0.25) is 4.79 Å². The van der Waals surface area contributed by atoms with Crippen LogP contribution in [0.5, 0.6) is 0 Å². The number of carboxylic acid groups (broad SMARTS) is 1. The fourth-order valence-electron chi connectivity index (χ4n) is 1.77. The SMILES string of the molecule is CCc1cccc(CCC(=O)O)c1B(O)O. The molecule has 0 spiro atoms. The maximum absolute atomic E-state index is 10.5. The van der Waals surface area contributed by atoms with Crippen molar-refractivity contribution >= 4 is 18.6 Å². The molecule has 16 heavy (non-hydrogen) atoms. The maximum Gasteiger partial charge on any atom is 0.488 e. The first-order valence-corrected chi connectivity index (χ1v) is 5.24. The van der Waals surface area contributed by atoms with Crippen molar-refractivity contribution in [1.82, 2.24) is 0 Å². The zero-order valence-corrected chi connectivity index (χ0v) is 9.18. The van der Waals surface area contributed by atoms with Crippen molar-refractivity contribution in [3.05, 3.63) is 29.3 Å². The summed E-state index contributed by atoms with van der Waals surface area (Å²) >= 11 is 0. The average Bonchev–Trinajstić information content (AvgIpc) is 2.25. The van der Waals surface area contributed by atoms with Crippen LogP contribution < -0.4 is 5.46 Å². The number of rotatable bonds is 5. The monoisotopic (exact) mass is 222 g/mol. The zero-order valence-electron chi connectivity index (χ0n) is 9.18. The molecule has 0 radical (unpaired) electrons.